The minimum absolute atomic E-state index is 0.171. The van der Waals surface area contributed by atoms with Crippen LogP contribution in [0.2, 0.25) is 0 Å². The lowest BCUT2D eigenvalue weighted by molar-refractivity contribution is 0.488. The monoisotopic (exact) mass is 90.0 g/mol. The van der Waals surface area contributed by atoms with Crippen LogP contribution in [0.4, 0.5) is 0 Å². The molecule has 1 heterocycles. The fraction of sp³-hybridized carbons (Fsp3) is 0.333. The van der Waals surface area contributed by atoms with Crippen molar-refractivity contribution in [2.75, 3.05) is 0 Å². The molecule has 0 aromatic heterocycles. The van der Waals surface area contributed by atoms with E-state index in [1.54, 1.807) is 0 Å². The van der Waals surface area contributed by atoms with Gasteiger partial charge in [-0.3, -0.25) is 0 Å². The topological polar surface area (TPSA) is 12.5 Å². The minimum atomic E-state index is -0.171. The van der Waals surface area contributed by atoms with Gasteiger partial charge < -0.3 is 4.74 Å². The third-order valence-corrected chi connectivity index (χ3v) is 0.783. The van der Waals surface area contributed by atoms with Gasteiger partial charge in [0.2, 0.25) is 5.56 Å². The van der Waals surface area contributed by atoms with Crippen LogP contribution >= 0.6 is 11.6 Å². The maximum Gasteiger partial charge on any atom is 0.228 e. The Bertz CT molecular complexity index is 69.3. The van der Waals surface area contributed by atoms with Gasteiger partial charge in [-0.25, -0.2) is 0 Å². The summed E-state index contributed by atoms with van der Waals surface area (Å²) in [6.45, 7) is 3.39. The van der Waals surface area contributed by atoms with Crippen molar-refractivity contribution in [3.8, 4) is 0 Å². The molecule has 5 heavy (non-hydrogen) atoms. The van der Waals surface area contributed by atoms with Gasteiger partial charge in [-0.2, -0.15) is 0 Å². The van der Waals surface area contributed by atoms with Gasteiger partial charge in [-0.1, -0.05) is 18.2 Å². The first-order chi connectivity index (χ1) is 2.30. The Kier molecular flexibility index (Phi) is 0.399. The van der Waals surface area contributed by atoms with Gasteiger partial charge in [0.15, 0.2) is 0 Å². The smallest absolute Gasteiger partial charge is 0.228 e. The first-order valence-corrected chi connectivity index (χ1v) is 1.74. The normalized spacial score (nSPS) is 33.0. The van der Waals surface area contributed by atoms with Crippen molar-refractivity contribution in [1.82, 2.24) is 0 Å². The van der Waals surface area contributed by atoms with Crippen LogP contribution in [0.25, 0.3) is 0 Å². The number of halogens is 1. The van der Waals surface area contributed by atoms with E-state index in [9.17, 15) is 0 Å². The van der Waals surface area contributed by atoms with Crippen LogP contribution in [0.5, 0.6) is 0 Å². The molecule has 0 amide bonds. The molecule has 0 aliphatic carbocycles. The molecule has 1 saturated heterocycles. The number of ether oxygens (including phenoxy) is 1. The first kappa shape index (κ1) is 3.04. The van der Waals surface area contributed by atoms with Crippen molar-refractivity contribution in [2.45, 2.75) is 5.56 Å². The van der Waals surface area contributed by atoms with E-state index in [-0.39, 0.29) is 5.56 Å². The minimum Gasteiger partial charge on any atom is -0.467 e. The number of alkyl halides is 1. The zero-order chi connectivity index (χ0) is 3.86. The molecule has 0 saturated carbocycles. The van der Waals surface area contributed by atoms with Crippen molar-refractivity contribution in [3.05, 3.63) is 12.3 Å². The van der Waals surface area contributed by atoms with Gasteiger partial charge in [0, 0.05) is 0 Å². The Balaban J connectivity index is 2.47. The molecule has 1 aliphatic heterocycles. The van der Waals surface area contributed by atoms with Crippen molar-refractivity contribution < 1.29 is 4.74 Å². The predicted molar refractivity (Wildman–Crippen MR) is 19.9 cm³/mol. The van der Waals surface area contributed by atoms with Crippen LogP contribution < -0.4 is 0 Å². The Morgan fingerprint density at radius 1 is 2.00 bits per heavy atom. The predicted octanol–water partition coefficient (Wildman–Crippen LogP) is 1.10. The van der Waals surface area contributed by atoms with Crippen LogP contribution in [0.15, 0.2) is 12.3 Å². The Morgan fingerprint density at radius 3 is 2.20 bits per heavy atom. The summed E-state index contributed by atoms with van der Waals surface area (Å²) in [7, 11) is 0. The zero-order valence-corrected chi connectivity index (χ0v) is 3.33. The zero-order valence-electron chi connectivity index (χ0n) is 2.57. The van der Waals surface area contributed by atoms with Crippen molar-refractivity contribution in [1.29, 1.82) is 0 Å². The van der Waals surface area contributed by atoms with Crippen LogP contribution in [-0.2, 0) is 4.74 Å². The summed E-state index contributed by atoms with van der Waals surface area (Å²) in [5, 5.41) is 0. The van der Waals surface area contributed by atoms with Crippen molar-refractivity contribution in [2.24, 2.45) is 0 Å². The molecule has 28 valence electrons. The number of hydrogen-bond donors (Lipinski definition) is 0. The summed E-state index contributed by atoms with van der Waals surface area (Å²) in [6, 6.07) is 0. The third kappa shape index (κ3) is 0.377. The molecule has 0 N–H and O–H groups in total. The van der Waals surface area contributed by atoms with E-state index in [0.717, 1.165) is 0 Å². The molecule has 1 rings (SSSR count). The van der Waals surface area contributed by atoms with Crippen LogP contribution in [0.1, 0.15) is 0 Å². The first-order valence-electron chi connectivity index (χ1n) is 1.30. The highest BCUT2D eigenvalue weighted by Crippen LogP contribution is 2.27. The lowest BCUT2D eigenvalue weighted by Crippen LogP contribution is -1.50. The Labute approximate surface area is 35.2 Å². The maximum absolute atomic E-state index is 5.21. The fourth-order valence-electron chi connectivity index (χ4n) is 0.0989. The summed E-state index contributed by atoms with van der Waals surface area (Å²) < 4.78 is 4.49. The highest BCUT2D eigenvalue weighted by molar-refractivity contribution is 6.23. The second kappa shape index (κ2) is 0.658. The molecule has 0 bridgehead atoms. The van der Waals surface area contributed by atoms with E-state index in [2.05, 4.69) is 11.3 Å². The second-order valence-electron chi connectivity index (χ2n) is 0.900. The van der Waals surface area contributed by atoms with Gasteiger partial charge in [0.05, 0.1) is 0 Å². The Morgan fingerprint density at radius 2 is 2.20 bits per heavy atom. The van der Waals surface area contributed by atoms with Gasteiger partial charge >= 0.3 is 0 Å². The van der Waals surface area contributed by atoms with E-state index in [0.29, 0.717) is 5.76 Å². The average Bonchev–Trinajstić information content (AvgIpc) is 1.79. The molecule has 0 aromatic carbocycles. The van der Waals surface area contributed by atoms with E-state index in [1.807, 2.05) is 0 Å². The van der Waals surface area contributed by atoms with Gasteiger partial charge in [0.25, 0.3) is 0 Å². The van der Waals surface area contributed by atoms with Crippen LogP contribution in [0, 0.1) is 0 Å². The molecule has 1 aliphatic rings. The van der Waals surface area contributed by atoms with E-state index in [1.165, 1.54) is 0 Å². The lowest BCUT2D eigenvalue weighted by Gasteiger charge is -1.47. The lowest BCUT2D eigenvalue weighted by atomic mass is 10.8. The van der Waals surface area contributed by atoms with Gasteiger partial charge in [-0.15, -0.1) is 0 Å². The SMILES string of the molecule is C=C1OC1Cl. The summed E-state index contributed by atoms with van der Waals surface area (Å²) in [5.74, 6) is 0.687. The number of epoxide rings is 1. The standard InChI is InChI=1S/C3H3ClO/c1-2-3(4)5-2/h3H,1H2. The Hall–Kier alpha value is -0.170. The second-order valence-corrected chi connectivity index (χ2v) is 1.30. The van der Waals surface area contributed by atoms with Crippen molar-refractivity contribution in [3.63, 3.8) is 0 Å². The molecule has 2 heteroatoms. The molecule has 1 nitrogen and oxygen atoms in total. The van der Waals surface area contributed by atoms with Gasteiger partial charge in [0.1, 0.15) is 5.76 Å². The molecule has 1 fully saturated rings. The average molecular weight is 90.5 g/mol. The molecule has 1 unspecified atom stereocenters. The van der Waals surface area contributed by atoms with Gasteiger partial charge in [-0.05, 0) is 0 Å². The van der Waals surface area contributed by atoms with E-state index < -0.39 is 0 Å². The summed E-state index contributed by atoms with van der Waals surface area (Å²) >= 11 is 5.21. The van der Waals surface area contributed by atoms with Crippen LogP contribution in [0.3, 0.4) is 0 Å². The van der Waals surface area contributed by atoms with E-state index >= 15 is 0 Å². The molecule has 0 aromatic rings. The summed E-state index contributed by atoms with van der Waals surface area (Å²) in [4.78, 5) is 0. The quantitative estimate of drug-likeness (QED) is 0.321. The summed E-state index contributed by atoms with van der Waals surface area (Å²) in [6.07, 6.45) is 0. The highest BCUT2D eigenvalue weighted by Gasteiger charge is 2.26. The molecule has 0 spiro atoms. The highest BCUT2D eigenvalue weighted by atomic mass is 35.5. The maximum atomic E-state index is 5.21. The fourth-order valence-corrected chi connectivity index (χ4v) is 0.213. The summed E-state index contributed by atoms with van der Waals surface area (Å²) in [5.41, 5.74) is -0.171. The third-order valence-electron chi connectivity index (χ3n) is 0.451. The largest absolute Gasteiger partial charge is 0.467 e. The van der Waals surface area contributed by atoms with Crippen LogP contribution in [-0.4, -0.2) is 5.56 Å². The number of hydrogen-bond acceptors (Lipinski definition) is 1. The molecular formula is C3H3ClO. The molecule has 0 radical (unpaired) electrons. The molecule has 1 atom stereocenters. The number of rotatable bonds is 0. The van der Waals surface area contributed by atoms with Crippen molar-refractivity contribution >= 4 is 11.6 Å². The van der Waals surface area contributed by atoms with E-state index in [4.69, 9.17) is 11.6 Å². The molecular weight excluding hydrogens is 87.5 g/mol.